The Balaban J connectivity index is 1.98. The number of esters is 1. The first-order valence-corrected chi connectivity index (χ1v) is 7.76. The zero-order valence-electron chi connectivity index (χ0n) is 14.0. The Labute approximate surface area is 136 Å². The molecule has 0 N–H and O–H groups in total. The van der Waals surface area contributed by atoms with Crippen LogP contribution in [-0.4, -0.2) is 51.6 Å². The van der Waals surface area contributed by atoms with E-state index < -0.39 is 12.1 Å². The molecule has 6 nitrogen and oxygen atoms in total. The molecule has 2 aromatic rings. The molecule has 1 aromatic carbocycles. The highest BCUT2D eigenvalue weighted by Crippen LogP contribution is 2.13. The van der Waals surface area contributed by atoms with E-state index >= 15 is 0 Å². The molecule has 23 heavy (non-hydrogen) atoms. The summed E-state index contributed by atoms with van der Waals surface area (Å²) in [4.78, 5) is 14.4. The van der Waals surface area contributed by atoms with Gasteiger partial charge < -0.3 is 4.74 Å². The van der Waals surface area contributed by atoms with Crippen molar-refractivity contribution in [3.8, 4) is 11.8 Å². The van der Waals surface area contributed by atoms with Gasteiger partial charge in [0.15, 0.2) is 6.10 Å². The van der Waals surface area contributed by atoms with E-state index in [0.717, 1.165) is 18.6 Å². The van der Waals surface area contributed by atoms with E-state index in [-0.39, 0.29) is 0 Å². The van der Waals surface area contributed by atoms with Crippen LogP contribution in [0.4, 0.5) is 0 Å². The molecule has 0 saturated carbocycles. The molecule has 0 unspecified atom stereocenters. The maximum absolute atomic E-state index is 12.2. The van der Waals surface area contributed by atoms with Gasteiger partial charge in [0.2, 0.25) is 0 Å². The van der Waals surface area contributed by atoms with Gasteiger partial charge in [-0.25, -0.2) is 9.48 Å². The third kappa shape index (κ3) is 4.30. The highest BCUT2D eigenvalue weighted by molar-refractivity contribution is 5.93. The fourth-order valence-corrected chi connectivity index (χ4v) is 2.17. The molecule has 0 fully saturated rings. The predicted octanol–water partition coefficient (Wildman–Crippen LogP) is 1.86. The third-order valence-electron chi connectivity index (χ3n) is 3.63. The first kappa shape index (κ1) is 17.0. The molecule has 1 heterocycles. The highest BCUT2D eigenvalue weighted by Gasteiger charge is 2.12. The van der Waals surface area contributed by atoms with E-state index in [4.69, 9.17) is 4.74 Å². The van der Waals surface area contributed by atoms with Crippen molar-refractivity contribution in [2.45, 2.75) is 26.9 Å². The van der Waals surface area contributed by atoms with Crippen LogP contribution < -0.4 is 0 Å². The van der Waals surface area contributed by atoms with E-state index in [1.54, 1.807) is 30.8 Å². The largest absolute Gasteiger partial charge is 0.446 e. The lowest BCUT2D eigenvalue weighted by Crippen LogP contribution is -2.23. The second-order valence-electron chi connectivity index (χ2n) is 5.25. The molecule has 0 saturated heterocycles. The fourth-order valence-electron chi connectivity index (χ4n) is 2.17. The van der Waals surface area contributed by atoms with Crippen LogP contribution in [-0.2, 0) is 11.8 Å². The average Bonchev–Trinajstić information content (AvgIpc) is 2.92. The van der Waals surface area contributed by atoms with Gasteiger partial charge in [0.1, 0.15) is 5.52 Å². The molecule has 0 amide bonds. The maximum Gasteiger partial charge on any atom is 0.339 e. The van der Waals surface area contributed by atoms with Crippen LogP contribution >= 0.6 is 0 Å². The van der Waals surface area contributed by atoms with Gasteiger partial charge in [0.05, 0.1) is 17.6 Å². The van der Waals surface area contributed by atoms with Gasteiger partial charge in [-0.05, 0) is 38.2 Å². The molecule has 2 rings (SSSR count). The van der Waals surface area contributed by atoms with Crippen molar-refractivity contribution in [2.24, 2.45) is 7.05 Å². The minimum absolute atomic E-state index is 0.401. The van der Waals surface area contributed by atoms with Crippen molar-refractivity contribution in [3.63, 3.8) is 0 Å². The smallest absolute Gasteiger partial charge is 0.339 e. The van der Waals surface area contributed by atoms with E-state index in [1.165, 1.54) is 0 Å². The number of hydrogen-bond donors (Lipinski definition) is 0. The Kier molecular flexibility index (Phi) is 5.72. The van der Waals surface area contributed by atoms with E-state index in [2.05, 4.69) is 40.9 Å². The van der Waals surface area contributed by atoms with Crippen LogP contribution in [0, 0.1) is 11.8 Å². The van der Waals surface area contributed by atoms with Crippen molar-refractivity contribution in [2.75, 3.05) is 19.6 Å². The van der Waals surface area contributed by atoms with E-state index in [9.17, 15) is 4.79 Å². The molecule has 122 valence electrons. The van der Waals surface area contributed by atoms with Crippen LogP contribution in [0.3, 0.4) is 0 Å². The predicted molar refractivity (Wildman–Crippen MR) is 89.0 cm³/mol. The fraction of sp³-hybridized carbons (Fsp3) is 0.471. The van der Waals surface area contributed by atoms with Crippen molar-refractivity contribution >= 4 is 17.0 Å². The second-order valence-corrected chi connectivity index (χ2v) is 5.25. The number of carbonyl (C=O) groups is 1. The maximum atomic E-state index is 12.2. The average molecular weight is 314 g/mol. The van der Waals surface area contributed by atoms with E-state index in [1.807, 2.05) is 6.07 Å². The summed E-state index contributed by atoms with van der Waals surface area (Å²) in [5.41, 5.74) is 1.99. The van der Waals surface area contributed by atoms with Crippen LogP contribution in [0.15, 0.2) is 18.2 Å². The number of hydrogen-bond acceptors (Lipinski definition) is 5. The molecular weight excluding hydrogens is 292 g/mol. The lowest BCUT2D eigenvalue weighted by Gasteiger charge is -2.13. The number of nitrogens with zero attached hydrogens (tertiary/aromatic N) is 4. The third-order valence-corrected chi connectivity index (χ3v) is 3.63. The van der Waals surface area contributed by atoms with Crippen LogP contribution in [0.1, 0.15) is 31.1 Å². The summed E-state index contributed by atoms with van der Waals surface area (Å²) in [5, 5.41) is 7.92. The van der Waals surface area contributed by atoms with Gasteiger partial charge in [0, 0.05) is 7.05 Å². The van der Waals surface area contributed by atoms with Gasteiger partial charge in [-0.3, -0.25) is 4.90 Å². The molecule has 0 bridgehead atoms. The minimum atomic E-state index is -0.449. The molecule has 1 atom stereocenters. The summed E-state index contributed by atoms with van der Waals surface area (Å²) < 4.78 is 7.01. The Morgan fingerprint density at radius 2 is 2.13 bits per heavy atom. The summed E-state index contributed by atoms with van der Waals surface area (Å²) in [6.07, 6.45) is -0.449. The monoisotopic (exact) mass is 314 g/mol. The Hall–Kier alpha value is -2.39. The zero-order valence-corrected chi connectivity index (χ0v) is 14.0. The SMILES string of the molecule is CCN(CC)CC#C[C@@H](C)OC(=O)c1ccc2c(c1)nnn2C. The standard InChI is InChI=1S/C17H22N4O2/c1-5-21(6-2)11-7-8-13(3)23-17(22)14-9-10-16-15(12-14)18-19-20(16)4/h9-10,12-13H,5-6,11H2,1-4H3/t13-/m1/s1. The summed E-state index contributed by atoms with van der Waals surface area (Å²) in [7, 11) is 1.81. The Bertz CT molecular complexity index is 738. The van der Waals surface area contributed by atoms with Crippen molar-refractivity contribution in [1.82, 2.24) is 19.9 Å². The van der Waals surface area contributed by atoms with Gasteiger partial charge >= 0.3 is 5.97 Å². The minimum Gasteiger partial charge on any atom is -0.446 e. The number of ether oxygens (including phenoxy) is 1. The zero-order chi connectivity index (χ0) is 16.8. The molecule has 0 spiro atoms. The summed E-state index contributed by atoms with van der Waals surface area (Å²) in [5.74, 6) is 5.61. The van der Waals surface area contributed by atoms with Gasteiger partial charge in [-0.1, -0.05) is 30.9 Å². The summed E-state index contributed by atoms with van der Waals surface area (Å²) in [6.45, 7) is 8.55. The topological polar surface area (TPSA) is 60.2 Å². The molecule has 0 aliphatic carbocycles. The molecule has 6 heteroatoms. The van der Waals surface area contributed by atoms with Gasteiger partial charge in [-0.2, -0.15) is 0 Å². The molecular formula is C17H22N4O2. The Morgan fingerprint density at radius 3 is 2.83 bits per heavy atom. The lowest BCUT2D eigenvalue weighted by atomic mass is 10.2. The molecule has 1 aromatic heterocycles. The quantitative estimate of drug-likeness (QED) is 0.623. The number of rotatable bonds is 5. The number of carbonyl (C=O) groups excluding carboxylic acids is 1. The van der Waals surface area contributed by atoms with Crippen LogP contribution in [0.25, 0.3) is 11.0 Å². The first-order valence-electron chi connectivity index (χ1n) is 7.76. The molecule has 0 aliphatic heterocycles. The number of fused-ring (bicyclic) bond motifs is 1. The van der Waals surface area contributed by atoms with E-state index in [0.29, 0.717) is 17.6 Å². The van der Waals surface area contributed by atoms with Crippen molar-refractivity contribution < 1.29 is 9.53 Å². The number of benzene rings is 1. The van der Waals surface area contributed by atoms with Crippen molar-refractivity contribution in [1.29, 1.82) is 0 Å². The normalized spacial score (nSPS) is 12.0. The Morgan fingerprint density at radius 1 is 1.39 bits per heavy atom. The lowest BCUT2D eigenvalue weighted by molar-refractivity contribution is 0.0438. The summed E-state index contributed by atoms with van der Waals surface area (Å²) in [6, 6.07) is 5.20. The van der Waals surface area contributed by atoms with Crippen LogP contribution in [0.5, 0.6) is 0 Å². The molecule has 0 radical (unpaired) electrons. The molecule has 0 aliphatic rings. The van der Waals surface area contributed by atoms with Crippen molar-refractivity contribution in [3.05, 3.63) is 23.8 Å². The van der Waals surface area contributed by atoms with Crippen LogP contribution in [0.2, 0.25) is 0 Å². The number of aryl methyl sites for hydroxylation is 1. The highest BCUT2D eigenvalue weighted by atomic mass is 16.5. The summed E-state index contributed by atoms with van der Waals surface area (Å²) >= 11 is 0. The second kappa shape index (κ2) is 7.75. The van der Waals surface area contributed by atoms with Gasteiger partial charge in [0.25, 0.3) is 0 Å². The number of aromatic nitrogens is 3. The first-order chi connectivity index (χ1) is 11.0. The van der Waals surface area contributed by atoms with Gasteiger partial charge in [-0.15, -0.1) is 5.10 Å².